The number of hydrogen-bond donors (Lipinski definition) is 2. The SMILES string of the molecule is O=S(=O)(NCC1(CCO)CC1)c1ccc(CCl)cc1. The molecule has 0 aliphatic heterocycles. The van der Waals surface area contributed by atoms with Crippen LogP contribution in [-0.2, 0) is 15.9 Å². The first-order valence-electron chi connectivity index (χ1n) is 6.27. The van der Waals surface area contributed by atoms with Gasteiger partial charge in [0.2, 0.25) is 10.0 Å². The van der Waals surface area contributed by atoms with Crippen LogP contribution in [0.3, 0.4) is 0 Å². The van der Waals surface area contributed by atoms with E-state index in [9.17, 15) is 8.42 Å². The maximum atomic E-state index is 12.1. The van der Waals surface area contributed by atoms with Crippen LogP contribution in [0.4, 0.5) is 0 Å². The zero-order valence-corrected chi connectivity index (χ0v) is 12.2. The predicted octanol–water partition coefficient (Wildman–Crippen LogP) is 1.87. The van der Waals surface area contributed by atoms with Crippen molar-refractivity contribution in [2.75, 3.05) is 13.2 Å². The second-order valence-corrected chi connectivity index (χ2v) is 7.11. The van der Waals surface area contributed by atoms with E-state index < -0.39 is 10.0 Å². The Labute approximate surface area is 118 Å². The lowest BCUT2D eigenvalue weighted by molar-refractivity contribution is 0.249. The topological polar surface area (TPSA) is 66.4 Å². The van der Waals surface area contributed by atoms with Gasteiger partial charge in [0.05, 0.1) is 4.90 Å². The van der Waals surface area contributed by atoms with E-state index in [-0.39, 0.29) is 16.9 Å². The molecule has 0 amide bonds. The number of alkyl halides is 1. The van der Waals surface area contributed by atoms with Gasteiger partial charge >= 0.3 is 0 Å². The molecule has 2 rings (SSSR count). The smallest absolute Gasteiger partial charge is 0.240 e. The molecule has 2 N–H and O–H groups in total. The largest absolute Gasteiger partial charge is 0.396 e. The fraction of sp³-hybridized carbons (Fsp3) is 0.538. The minimum atomic E-state index is -3.47. The first-order valence-corrected chi connectivity index (χ1v) is 8.29. The van der Waals surface area contributed by atoms with E-state index in [2.05, 4.69) is 4.72 Å². The molecule has 0 unspecified atom stereocenters. The molecular weight excluding hydrogens is 286 g/mol. The summed E-state index contributed by atoms with van der Waals surface area (Å²) in [7, 11) is -3.47. The van der Waals surface area contributed by atoms with Crippen molar-refractivity contribution >= 4 is 21.6 Å². The lowest BCUT2D eigenvalue weighted by Crippen LogP contribution is -2.30. The van der Waals surface area contributed by atoms with Gasteiger partial charge < -0.3 is 5.11 Å². The Morgan fingerprint density at radius 3 is 2.37 bits per heavy atom. The standard InChI is InChI=1S/C13H18ClNO3S/c14-9-11-1-3-12(4-2-11)19(17,18)15-10-13(5-6-13)7-8-16/h1-4,15-16H,5-10H2. The van der Waals surface area contributed by atoms with E-state index in [4.69, 9.17) is 16.7 Å². The molecule has 0 bridgehead atoms. The average molecular weight is 304 g/mol. The Balaban J connectivity index is 2.01. The van der Waals surface area contributed by atoms with Crippen LogP contribution in [0.1, 0.15) is 24.8 Å². The molecule has 0 heterocycles. The van der Waals surface area contributed by atoms with Crippen molar-refractivity contribution in [2.24, 2.45) is 5.41 Å². The van der Waals surface area contributed by atoms with Crippen LogP contribution in [0.2, 0.25) is 0 Å². The number of rotatable bonds is 7. The van der Waals surface area contributed by atoms with Gasteiger partial charge in [0, 0.05) is 19.0 Å². The molecule has 6 heteroatoms. The van der Waals surface area contributed by atoms with Gasteiger partial charge in [-0.05, 0) is 42.4 Å². The summed E-state index contributed by atoms with van der Waals surface area (Å²) in [5, 5.41) is 8.96. The highest BCUT2D eigenvalue weighted by Gasteiger charge is 2.42. The first kappa shape index (κ1) is 14.8. The summed E-state index contributed by atoms with van der Waals surface area (Å²) >= 11 is 5.67. The van der Waals surface area contributed by atoms with Gasteiger partial charge in [-0.15, -0.1) is 11.6 Å². The molecule has 0 radical (unpaired) electrons. The van der Waals surface area contributed by atoms with Crippen molar-refractivity contribution in [2.45, 2.75) is 30.0 Å². The number of hydrogen-bond acceptors (Lipinski definition) is 3. The molecule has 1 aromatic rings. The normalized spacial score (nSPS) is 17.4. The number of benzene rings is 1. The summed E-state index contributed by atoms with van der Waals surface area (Å²) in [6.45, 7) is 0.499. The fourth-order valence-corrected chi connectivity index (χ4v) is 3.35. The molecule has 1 aliphatic carbocycles. The zero-order valence-electron chi connectivity index (χ0n) is 10.6. The van der Waals surface area contributed by atoms with Crippen LogP contribution in [0.15, 0.2) is 29.2 Å². The Morgan fingerprint density at radius 1 is 1.26 bits per heavy atom. The summed E-state index contributed by atoms with van der Waals surface area (Å²) in [5.41, 5.74) is 0.859. The van der Waals surface area contributed by atoms with Crippen LogP contribution in [0.25, 0.3) is 0 Å². The lowest BCUT2D eigenvalue weighted by atomic mass is 10.0. The van der Waals surface area contributed by atoms with E-state index in [0.717, 1.165) is 18.4 Å². The van der Waals surface area contributed by atoms with Crippen LogP contribution in [0, 0.1) is 5.41 Å². The Kier molecular flexibility index (Phi) is 4.50. The minimum absolute atomic E-state index is 0.0299. The van der Waals surface area contributed by atoms with Crippen molar-refractivity contribution in [3.8, 4) is 0 Å². The van der Waals surface area contributed by atoms with Gasteiger partial charge in [0.25, 0.3) is 0 Å². The maximum Gasteiger partial charge on any atom is 0.240 e. The summed E-state index contributed by atoms with van der Waals surface area (Å²) < 4.78 is 26.8. The monoisotopic (exact) mass is 303 g/mol. The average Bonchev–Trinajstić information content (AvgIpc) is 3.18. The van der Waals surface area contributed by atoms with Gasteiger partial charge in [-0.2, -0.15) is 0 Å². The summed E-state index contributed by atoms with van der Waals surface area (Å²) in [5.74, 6) is 0.368. The van der Waals surface area contributed by atoms with Crippen molar-refractivity contribution in [3.05, 3.63) is 29.8 Å². The van der Waals surface area contributed by atoms with Crippen LogP contribution in [0.5, 0.6) is 0 Å². The summed E-state index contributed by atoms with van der Waals surface area (Å²) in [6.07, 6.45) is 2.60. The molecule has 19 heavy (non-hydrogen) atoms. The molecule has 0 spiro atoms. The van der Waals surface area contributed by atoms with Gasteiger partial charge in [0.15, 0.2) is 0 Å². The molecule has 1 aromatic carbocycles. The van der Waals surface area contributed by atoms with Gasteiger partial charge in [-0.1, -0.05) is 12.1 Å². The zero-order chi connectivity index (χ0) is 13.9. The highest BCUT2D eigenvalue weighted by Crippen LogP contribution is 2.48. The molecule has 1 aliphatic rings. The van der Waals surface area contributed by atoms with Crippen LogP contribution < -0.4 is 4.72 Å². The third kappa shape index (κ3) is 3.69. The molecule has 4 nitrogen and oxygen atoms in total. The van der Waals surface area contributed by atoms with Crippen molar-refractivity contribution in [3.63, 3.8) is 0 Å². The van der Waals surface area contributed by atoms with Gasteiger partial charge in [-0.25, -0.2) is 13.1 Å². The number of aliphatic hydroxyl groups is 1. The summed E-state index contributed by atoms with van der Waals surface area (Å²) in [6, 6.07) is 6.54. The van der Waals surface area contributed by atoms with Crippen molar-refractivity contribution in [1.82, 2.24) is 4.72 Å². The third-order valence-electron chi connectivity index (χ3n) is 3.62. The second-order valence-electron chi connectivity index (χ2n) is 5.08. The Bertz CT molecular complexity index is 523. The quantitative estimate of drug-likeness (QED) is 0.756. The number of halogens is 1. The van der Waals surface area contributed by atoms with Crippen molar-refractivity contribution in [1.29, 1.82) is 0 Å². The lowest BCUT2D eigenvalue weighted by Gasteiger charge is -2.14. The van der Waals surface area contributed by atoms with E-state index in [1.807, 2.05) is 0 Å². The molecule has 0 saturated heterocycles. The summed E-state index contributed by atoms with van der Waals surface area (Å²) in [4.78, 5) is 0.251. The molecule has 0 aromatic heterocycles. The highest BCUT2D eigenvalue weighted by molar-refractivity contribution is 7.89. The molecule has 106 valence electrons. The van der Waals surface area contributed by atoms with Crippen molar-refractivity contribution < 1.29 is 13.5 Å². The van der Waals surface area contributed by atoms with E-state index in [1.54, 1.807) is 24.3 Å². The van der Waals surface area contributed by atoms with E-state index in [0.29, 0.717) is 18.8 Å². The van der Waals surface area contributed by atoms with Crippen LogP contribution in [-0.4, -0.2) is 26.7 Å². The van der Waals surface area contributed by atoms with Gasteiger partial charge in [-0.3, -0.25) is 0 Å². The minimum Gasteiger partial charge on any atom is -0.396 e. The maximum absolute atomic E-state index is 12.1. The molecular formula is C13H18ClNO3S. The van der Waals surface area contributed by atoms with Gasteiger partial charge in [0.1, 0.15) is 0 Å². The number of aliphatic hydroxyl groups excluding tert-OH is 1. The predicted molar refractivity (Wildman–Crippen MR) is 74.6 cm³/mol. The first-order chi connectivity index (χ1) is 9.01. The molecule has 1 saturated carbocycles. The molecule has 0 atom stereocenters. The number of nitrogens with one attached hydrogen (secondary N) is 1. The Morgan fingerprint density at radius 2 is 1.89 bits per heavy atom. The second kappa shape index (κ2) is 5.79. The Hall–Kier alpha value is -0.620. The van der Waals surface area contributed by atoms with E-state index >= 15 is 0 Å². The number of sulfonamides is 1. The molecule has 1 fully saturated rings. The van der Waals surface area contributed by atoms with Crippen LogP contribution >= 0.6 is 11.6 Å². The van der Waals surface area contributed by atoms with E-state index in [1.165, 1.54) is 0 Å². The fourth-order valence-electron chi connectivity index (χ4n) is 2.02. The highest BCUT2D eigenvalue weighted by atomic mass is 35.5. The third-order valence-corrected chi connectivity index (χ3v) is 5.35.